The maximum absolute atomic E-state index is 10.0. The van der Waals surface area contributed by atoms with E-state index < -0.39 is 6.09 Å². The fraction of sp³-hybridized carbons (Fsp3) is 0.800. The highest BCUT2D eigenvalue weighted by Crippen LogP contribution is 2.19. The van der Waals surface area contributed by atoms with E-state index in [1.165, 1.54) is 10.8 Å². The number of amides is 1. The molecule has 0 aliphatic rings. The second kappa shape index (κ2) is 8.03. The van der Waals surface area contributed by atoms with E-state index in [1.807, 2.05) is 0 Å². The molecule has 0 aliphatic heterocycles. The fourth-order valence-corrected chi connectivity index (χ4v) is 1.93. The number of rotatable bonds is 6. The lowest BCUT2D eigenvalue weighted by molar-refractivity contribution is 0.164. The van der Waals surface area contributed by atoms with E-state index in [-0.39, 0.29) is 6.61 Å². The molecular weight excluding hydrogens is 186 g/mol. The molecule has 0 aliphatic carbocycles. The molecular formula is C5H11NO3S2. The first-order valence-corrected chi connectivity index (χ1v) is 5.53. The molecule has 0 fully saturated rings. The van der Waals surface area contributed by atoms with E-state index in [0.717, 1.165) is 0 Å². The minimum Gasteiger partial charge on any atom is -0.449 e. The molecule has 1 amide bonds. The van der Waals surface area contributed by atoms with Gasteiger partial charge in [-0.3, -0.25) is 0 Å². The monoisotopic (exact) mass is 197 g/mol. The lowest BCUT2D eigenvalue weighted by Gasteiger charge is -1.99. The average Bonchev–Trinajstić information content (AvgIpc) is 1.96. The number of ether oxygens (including phenoxy) is 1. The van der Waals surface area contributed by atoms with E-state index in [9.17, 15) is 4.79 Å². The summed E-state index contributed by atoms with van der Waals surface area (Å²) in [6.07, 6.45) is -0.738. The topological polar surface area (TPSA) is 72.6 Å². The quantitative estimate of drug-likeness (QED) is 0.478. The molecule has 0 saturated heterocycles. The molecule has 0 bridgehead atoms. The van der Waals surface area contributed by atoms with Gasteiger partial charge in [0.1, 0.15) is 6.61 Å². The summed E-state index contributed by atoms with van der Waals surface area (Å²) in [6.45, 7) is 0.507. The lowest BCUT2D eigenvalue weighted by Crippen LogP contribution is -2.14. The Balaban J connectivity index is 2.85. The first-order chi connectivity index (χ1) is 5.27. The molecule has 0 atom stereocenters. The summed E-state index contributed by atoms with van der Waals surface area (Å²) in [5.41, 5.74) is 4.72. The van der Waals surface area contributed by atoms with Gasteiger partial charge in [-0.05, 0) is 0 Å². The van der Waals surface area contributed by atoms with Crippen LogP contribution in [0.4, 0.5) is 4.79 Å². The maximum Gasteiger partial charge on any atom is 0.404 e. The molecule has 0 aromatic heterocycles. The van der Waals surface area contributed by atoms with Gasteiger partial charge in [-0.1, -0.05) is 21.6 Å². The van der Waals surface area contributed by atoms with Crippen molar-refractivity contribution in [2.75, 3.05) is 24.7 Å². The molecule has 11 heavy (non-hydrogen) atoms. The Labute approximate surface area is 73.3 Å². The number of aliphatic hydroxyl groups is 1. The Morgan fingerprint density at radius 2 is 2.09 bits per heavy atom. The SMILES string of the molecule is NC(=O)OCCSSCCO. The van der Waals surface area contributed by atoms with Gasteiger partial charge in [0.15, 0.2) is 0 Å². The van der Waals surface area contributed by atoms with Crippen LogP contribution in [0.1, 0.15) is 0 Å². The highest BCUT2D eigenvalue weighted by molar-refractivity contribution is 8.76. The first-order valence-electron chi connectivity index (χ1n) is 3.05. The van der Waals surface area contributed by atoms with Crippen LogP contribution in [0, 0.1) is 0 Å². The van der Waals surface area contributed by atoms with Crippen molar-refractivity contribution in [3.05, 3.63) is 0 Å². The van der Waals surface area contributed by atoms with E-state index in [2.05, 4.69) is 4.74 Å². The van der Waals surface area contributed by atoms with Crippen molar-refractivity contribution in [2.45, 2.75) is 0 Å². The predicted octanol–water partition coefficient (Wildman–Crippen LogP) is 0.455. The van der Waals surface area contributed by atoms with Crippen LogP contribution in [-0.2, 0) is 4.74 Å². The Morgan fingerprint density at radius 1 is 1.45 bits per heavy atom. The van der Waals surface area contributed by atoms with Gasteiger partial charge in [-0.25, -0.2) is 4.79 Å². The van der Waals surface area contributed by atoms with Crippen molar-refractivity contribution in [3.63, 3.8) is 0 Å². The van der Waals surface area contributed by atoms with Crippen molar-refractivity contribution in [1.29, 1.82) is 0 Å². The number of nitrogens with two attached hydrogens (primary N) is 1. The molecule has 0 rings (SSSR count). The molecule has 0 radical (unpaired) electrons. The number of primary amides is 1. The molecule has 0 unspecified atom stereocenters. The molecule has 0 aromatic rings. The van der Waals surface area contributed by atoms with E-state index >= 15 is 0 Å². The van der Waals surface area contributed by atoms with Gasteiger partial charge in [-0.2, -0.15) is 0 Å². The highest BCUT2D eigenvalue weighted by atomic mass is 33.1. The summed E-state index contributed by atoms with van der Waals surface area (Å²) in [5, 5.41) is 8.37. The third-order valence-corrected chi connectivity index (χ3v) is 3.02. The smallest absolute Gasteiger partial charge is 0.404 e. The van der Waals surface area contributed by atoms with Gasteiger partial charge in [-0.15, -0.1) is 0 Å². The summed E-state index contributed by atoms with van der Waals surface area (Å²) in [7, 11) is 3.08. The molecule has 0 heterocycles. The third-order valence-electron chi connectivity index (χ3n) is 0.669. The van der Waals surface area contributed by atoms with E-state index in [4.69, 9.17) is 10.8 Å². The third kappa shape index (κ3) is 9.93. The maximum atomic E-state index is 10.0. The normalized spacial score (nSPS) is 9.55. The molecule has 0 spiro atoms. The minimum absolute atomic E-state index is 0.175. The molecule has 3 N–H and O–H groups in total. The van der Waals surface area contributed by atoms with Crippen LogP contribution in [0.5, 0.6) is 0 Å². The van der Waals surface area contributed by atoms with Crippen LogP contribution >= 0.6 is 21.6 Å². The Hall–Kier alpha value is -0.0700. The number of hydrogen-bond donors (Lipinski definition) is 2. The van der Waals surface area contributed by atoms with Crippen LogP contribution in [0.3, 0.4) is 0 Å². The predicted molar refractivity (Wildman–Crippen MR) is 47.5 cm³/mol. The number of carbonyl (C=O) groups is 1. The number of hydrogen-bond acceptors (Lipinski definition) is 5. The lowest BCUT2D eigenvalue weighted by atomic mass is 10.9. The van der Waals surface area contributed by atoms with Gasteiger partial charge in [0.25, 0.3) is 0 Å². The van der Waals surface area contributed by atoms with Crippen molar-refractivity contribution >= 4 is 27.7 Å². The van der Waals surface area contributed by atoms with Crippen LogP contribution in [-0.4, -0.2) is 35.9 Å². The van der Waals surface area contributed by atoms with E-state index in [0.29, 0.717) is 18.1 Å². The molecule has 0 saturated carbocycles. The van der Waals surface area contributed by atoms with Crippen molar-refractivity contribution < 1.29 is 14.6 Å². The summed E-state index contributed by atoms with van der Waals surface area (Å²) < 4.78 is 4.46. The molecule has 6 heteroatoms. The standard InChI is InChI=1S/C5H11NO3S2/c6-5(8)9-2-4-11-10-3-1-7/h7H,1-4H2,(H2,6,8). The van der Waals surface area contributed by atoms with Crippen LogP contribution in [0.25, 0.3) is 0 Å². The number of carbonyl (C=O) groups excluding carboxylic acids is 1. The zero-order valence-electron chi connectivity index (χ0n) is 5.99. The summed E-state index contributed by atoms with van der Waals surface area (Å²) >= 11 is 0. The number of aliphatic hydroxyl groups excluding tert-OH is 1. The van der Waals surface area contributed by atoms with E-state index in [1.54, 1.807) is 10.8 Å². The molecule has 66 valence electrons. The van der Waals surface area contributed by atoms with Gasteiger partial charge in [0.2, 0.25) is 0 Å². The summed E-state index contributed by atoms with van der Waals surface area (Å²) in [4.78, 5) is 10.0. The fourth-order valence-electron chi connectivity index (χ4n) is 0.331. The van der Waals surface area contributed by atoms with Crippen molar-refractivity contribution in [1.82, 2.24) is 0 Å². The van der Waals surface area contributed by atoms with Gasteiger partial charge in [0, 0.05) is 11.5 Å². The highest BCUT2D eigenvalue weighted by Gasteiger charge is 1.93. The molecule has 4 nitrogen and oxygen atoms in total. The zero-order chi connectivity index (χ0) is 8.53. The van der Waals surface area contributed by atoms with Gasteiger partial charge in [0.05, 0.1) is 6.61 Å². The zero-order valence-corrected chi connectivity index (χ0v) is 7.62. The second-order valence-electron chi connectivity index (χ2n) is 1.54. The van der Waals surface area contributed by atoms with Crippen LogP contribution in [0.15, 0.2) is 0 Å². The summed E-state index contributed by atoms with van der Waals surface area (Å²) in [6, 6.07) is 0. The average molecular weight is 197 g/mol. The first kappa shape index (κ1) is 10.9. The van der Waals surface area contributed by atoms with Gasteiger partial charge < -0.3 is 15.6 Å². The van der Waals surface area contributed by atoms with Crippen LogP contribution in [0.2, 0.25) is 0 Å². The Morgan fingerprint density at radius 3 is 2.64 bits per heavy atom. The van der Waals surface area contributed by atoms with Crippen LogP contribution < -0.4 is 5.73 Å². The Kier molecular flexibility index (Phi) is 7.98. The molecule has 0 aromatic carbocycles. The minimum atomic E-state index is -0.738. The second-order valence-corrected chi connectivity index (χ2v) is 4.24. The van der Waals surface area contributed by atoms with Crippen molar-refractivity contribution in [2.24, 2.45) is 5.73 Å². The van der Waals surface area contributed by atoms with Gasteiger partial charge >= 0.3 is 6.09 Å². The summed E-state index contributed by atoms with van der Waals surface area (Å²) in [5.74, 6) is 1.40. The largest absolute Gasteiger partial charge is 0.449 e. The van der Waals surface area contributed by atoms with Crippen molar-refractivity contribution in [3.8, 4) is 0 Å². The Bertz CT molecular complexity index is 112.